The molecule has 0 saturated heterocycles. The highest BCUT2D eigenvalue weighted by molar-refractivity contribution is 5.98. The fourth-order valence-electron chi connectivity index (χ4n) is 6.76. The van der Waals surface area contributed by atoms with E-state index in [0.29, 0.717) is 22.3 Å². The summed E-state index contributed by atoms with van der Waals surface area (Å²) in [6, 6.07) is 31.5. The number of aliphatic hydroxyl groups excluding tert-OH is 1. The van der Waals surface area contributed by atoms with Gasteiger partial charge >= 0.3 is 5.97 Å². The number of benzene rings is 5. The van der Waals surface area contributed by atoms with Crippen LogP contribution < -0.4 is 26.6 Å². The maximum atomic E-state index is 14.4. The van der Waals surface area contributed by atoms with E-state index in [4.69, 9.17) is 0 Å². The summed E-state index contributed by atoms with van der Waals surface area (Å²) in [6.07, 6.45) is -2.99. The van der Waals surface area contributed by atoms with Gasteiger partial charge in [0.15, 0.2) is 0 Å². The molecule has 2 aliphatic heterocycles. The molecular formula is C46H44FN5O8. The molecular weight excluding hydrogens is 770 g/mol. The van der Waals surface area contributed by atoms with Crippen molar-refractivity contribution in [3.8, 4) is 11.1 Å². The zero-order chi connectivity index (χ0) is 42.6. The van der Waals surface area contributed by atoms with Gasteiger partial charge in [0.05, 0.1) is 6.42 Å². The second kappa shape index (κ2) is 20.0. The van der Waals surface area contributed by atoms with Crippen molar-refractivity contribution in [3.05, 3.63) is 162 Å². The first-order chi connectivity index (χ1) is 28.9. The molecule has 0 saturated carbocycles. The Morgan fingerprint density at radius 1 is 0.533 bits per heavy atom. The molecule has 0 spiro atoms. The predicted molar refractivity (Wildman–Crippen MR) is 221 cm³/mol. The molecule has 5 aromatic carbocycles. The number of carbonyl (C=O) groups is 6. The van der Waals surface area contributed by atoms with Crippen LogP contribution in [0.2, 0.25) is 0 Å². The van der Waals surface area contributed by atoms with Gasteiger partial charge in [-0.1, -0.05) is 109 Å². The maximum Gasteiger partial charge on any atom is 0.326 e. The highest BCUT2D eigenvalue weighted by atomic mass is 19.1. The Hall–Kier alpha value is -7.19. The second-order valence-corrected chi connectivity index (χ2v) is 14.5. The van der Waals surface area contributed by atoms with E-state index in [1.807, 2.05) is 42.5 Å². The van der Waals surface area contributed by atoms with Crippen LogP contribution in [-0.2, 0) is 54.5 Å². The SMILES string of the molecule is O=C1C[C@@H](O)C(=O)Nc2ccc(cc2)C[C@@H](C(=O)O)NC(=O)[C@@H](Cc2ccccc2)NC(=O)[C@H](Cc2ccc(-c3ccccc3)cc2)NC(=O)[C@@H](Cc2ccc(F)cc2)N1. The van der Waals surface area contributed by atoms with E-state index in [0.717, 1.165) is 11.1 Å². The van der Waals surface area contributed by atoms with Crippen molar-refractivity contribution in [2.75, 3.05) is 5.32 Å². The number of nitrogens with one attached hydrogen (secondary N) is 5. The fraction of sp³-hybridized carbons (Fsp3) is 0.217. The first-order valence-corrected chi connectivity index (χ1v) is 19.3. The largest absolute Gasteiger partial charge is 0.480 e. The molecule has 13 nitrogen and oxygen atoms in total. The van der Waals surface area contributed by atoms with Gasteiger partial charge in [0.25, 0.3) is 5.91 Å². The molecule has 0 aromatic heterocycles. The highest BCUT2D eigenvalue weighted by Gasteiger charge is 2.33. The molecule has 2 heterocycles. The van der Waals surface area contributed by atoms with Gasteiger partial charge in [0.2, 0.25) is 23.6 Å². The van der Waals surface area contributed by atoms with Crippen molar-refractivity contribution in [1.29, 1.82) is 0 Å². The number of carbonyl (C=O) groups excluding carboxylic acids is 5. The van der Waals surface area contributed by atoms with Gasteiger partial charge in [-0.2, -0.15) is 0 Å². The van der Waals surface area contributed by atoms with Crippen molar-refractivity contribution in [3.63, 3.8) is 0 Å². The third-order valence-corrected chi connectivity index (χ3v) is 10.0. The van der Waals surface area contributed by atoms with Crippen LogP contribution in [0.15, 0.2) is 133 Å². The number of rotatable bonds is 8. The van der Waals surface area contributed by atoms with Crippen molar-refractivity contribution in [2.45, 2.75) is 62.4 Å². The van der Waals surface area contributed by atoms with Gasteiger partial charge in [-0.15, -0.1) is 0 Å². The lowest BCUT2D eigenvalue weighted by Gasteiger charge is -2.26. The average molecular weight is 814 g/mol. The van der Waals surface area contributed by atoms with E-state index in [1.54, 1.807) is 42.5 Å². The predicted octanol–water partition coefficient (Wildman–Crippen LogP) is 3.49. The van der Waals surface area contributed by atoms with Crippen LogP contribution in [0.1, 0.15) is 28.7 Å². The molecule has 5 amide bonds. The minimum Gasteiger partial charge on any atom is -0.480 e. The van der Waals surface area contributed by atoms with Crippen molar-refractivity contribution in [1.82, 2.24) is 21.3 Å². The summed E-state index contributed by atoms with van der Waals surface area (Å²) in [5, 5.41) is 33.9. The number of fused-ring (bicyclic) bond motifs is 18. The molecule has 2 bridgehead atoms. The number of hydrogen-bond donors (Lipinski definition) is 7. The quantitative estimate of drug-likeness (QED) is 0.115. The lowest BCUT2D eigenvalue weighted by Crippen LogP contribution is -2.59. The Bertz CT molecular complexity index is 2290. The molecule has 2 aliphatic rings. The van der Waals surface area contributed by atoms with Gasteiger partial charge in [0, 0.05) is 31.4 Å². The lowest BCUT2D eigenvalue weighted by atomic mass is 9.98. The monoisotopic (exact) mass is 813 g/mol. The molecule has 14 heteroatoms. The average Bonchev–Trinajstić information content (AvgIpc) is 3.24. The highest BCUT2D eigenvalue weighted by Crippen LogP contribution is 2.20. The van der Waals surface area contributed by atoms with Gasteiger partial charge in [-0.05, 0) is 57.6 Å². The Morgan fingerprint density at radius 3 is 1.55 bits per heavy atom. The minimum atomic E-state index is -1.83. The topological polar surface area (TPSA) is 203 Å². The zero-order valence-electron chi connectivity index (χ0n) is 32.3. The Balaban J connectivity index is 1.36. The number of hydrogen-bond acceptors (Lipinski definition) is 7. The fourth-order valence-corrected chi connectivity index (χ4v) is 6.76. The molecule has 5 aromatic rings. The summed E-state index contributed by atoms with van der Waals surface area (Å²) in [7, 11) is 0. The summed E-state index contributed by atoms with van der Waals surface area (Å²) < 4.78 is 13.9. The molecule has 7 rings (SSSR count). The van der Waals surface area contributed by atoms with Crippen LogP contribution in [0.25, 0.3) is 11.1 Å². The molecule has 0 aliphatic carbocycles. The van der Waals surface area contributed by atoms with Crippen molar-refractivity contribution >= 4 is 41.2 Å². The lowest BCUT2D eigenvalue weighted by molar-refractivity contribution is -0.142. The summed E-state index contributed by atoms with van der Waals surface area (Å²) in [5.74, 6) is -6.03. The molecule has 5 atom stereocenters. The van der Waals surface area contributed by atoms with Crippen LogP contribution >= 0.6 is 0 Å². The molecule has 60 heavy (non-hydrogen) atoms. The van der Waals surface area contributed by atoms with Crippen molar-refractivity contribution in [2.24, 2.45) is 0 Å². The standard InChI is InChI=1S/C46H44FN5O8/c47-34-19-13-30(14-20-34)24-36-42(55)50-38(25-29-11-17-33(18-12-29)32-9-5-2-6-10-32)43(56)51-37(23-28-7-3-1-4-8-28)44(57)52-39(46(59)60)26-31-15-21-35(22-16-31)48-45(58)40(53)27-41(54)49-36/h1-22,36-40,53H,23-27H2,(H,48,58)(H,49,54)(H,50,55)(H,51,56)(H,52,57)(H,59,60)/t36-,37-,38+,39+,40-/m1/s1. The Labute approximate surface area is 345 Å². The van der Waals surface area contributed by atoms with E-state index in [1.165, 1.54) is 48.5 Å². The molecule has 0 fully saturated rings. The second-order valence-electron chi connectivity index (χ2n) is 14.5. The molecule has 0 unspecified atom stereocenters. The molecule has 0 radical (unpaired) electrons. The normalized spacial score (nSPS) is 20.7. The number of carboxylic acid groups (broad SMARTS) is 1. The third-order valence-electron chi connectivity index (χ3n) is 10.0. The van der Waals surface area contributed by atoms with E-state index in [9.17, 15) is 43.4 Å². The first-order valence-electron chi connectivity index (χ1n) is 19.3. The summed E-state index contributed by atoms with van der Waals surface area (Å²) in [4.78, 5) is 81.4. The number of carboxylic acids is 1. The summed E-state index contributed by atoms with van der Waals surface area (Å²) in [5.41, 5.74) is 4.34. The van der Waals surface area contributed by atoms with E-state index in [-0.39, 0.29) is 31.4 Å². The summed E-state index contributed by atoms with van der Waals surface area (Å²) >= 11 is 0. The van der Waals surface area contributed by atoms with E-state index >= 15 is 0 Å². The van der Waals surface area contributed by atoms with Crippen LogP contribution in [0.4, 0.5) is 10.1 Å². The zero-order valence-corrected chi connectivity index (χ0v) is 32.3. The number of halogens is 1. The third kappa shape index (κ3) is 11.9. The molecule has 308 valence electrons. The van der Waals surface area contributed by atoms with Crippen LogP contribution in [0.5, 0.6) is 0 Å². The van der Waals surface area contributed by atoms with Gasteiger partial charge in [-0.25, -0.2) is 9.18 Å². The molecule has 7 N–H and O–H groups in total. The van der Waals surface area contributed by atoms with Gasteiger partial charge < -0.3 is 36.8 Å². The Kier molecular flexibility index (Phi) is 14.1. The van der Waals surface area contributed by atoms with E-state index < -0.39 is 78.0 Å². The van der Waals surface area contributed by atoms with Gasteiger partial charge in [0.1, 0.15) is 36.1 Å². The maximum absolute atomic E-state index is 14.4. The first kappa shape index (κ1) is 42.4. The number of anilines is 1. The number of aliphatic carboxylic acids is 1. The number of amides is 5. The Morgan fingerprint density at radius 2 is 1.00 bits per heavy atom. The smallest absolute Gasteiger partial charge is 0.326 e. The van der Waals surface area contributed by atoms with Crippen LogP contribution in [0.3, 0.4) is 0 Å². The van der Waals surface area contributed by atoms with Crippen molar-refractivity contribution < 1.29 is 43.4 Å². The van der Waals surface area contributed by atoms with Gasteiger partial charge in [-0.3, -0.25) is 24.0 Å². The van der Waals surface area contributed by atoms with E-state index in [2.05, 4.69) is 26.6 Å². The minimum absolute atomic E-state index is 0.0306. The number of aliphatic hydroxyl groups is 1. The summed E-state index contributed by atoms with van der Waals surface area (Å²) in [6.45, 7) is 0. The van der Waals surface area contributed by atoms with Crippen LogP contribution in [-0.4, -0.2) is 76.0 Å². The van der Waals surface area contributed by atoms with Crippen LogP contribution in [0, 0.1) is 5.82 Å².